The second-order valence-corrected chi connectivity index (χ2v) is 8.14. The molecular weight excluding hydrogens is 371 g/mol. The van der Waals surface area contributed by atoms with Gasteiger partial charge in [0.15, 0.2) is 5.60 Å². The molecule has 1 fully saturated rings. The van der Waals surface area contributed by atoms with Crippen LogP contribution in [0.2, 0.25) is 0 Å². The monoisotopic (exact) mass is 392 g/mol. The van der Waals surface area contributed by atoms with Gasteiger partial charge in [-0.3, -0.25) is 0 Å². The summed E-state index contributed by atoms with van der Waals surface area (Å²) < 4.78 is 23.8. The molecule has 2 bridgehead atoms. The zero-order valence-electron chi connectivity index (χ0n) is 16.4. The molecule has 146 valence electrons. The van der Waals surface area contributed by atoms with Crippen LogP contribution < -0.4 is 0 Å². The van der Waals surface area contributed by atoms with Crippen molar-refractivity contribution in [2.45, 2.75) is 23.3 Å². The summed E-state index contributed by atoms with van der Waals surface area (Å²) in [6.45, 7) is 0. The molecule has 30 heavy (non-hydrogen) atoms. The van der Waals surface area contributed by atoms with Gasteiger partial charge in [-0.2, -0.15) is 0 Å². The van der Waals surface area contributed by atoms with Crippen LogP contribution in [0.3, 0.4) is 0 Å². The number of ether oxygens (including phenoxy) is 1. The van der Waals surface area contributed by atoms with Gasteiger partial charge in [0.1, 0.15) is 11.8 Å². The summed E-state index contributed by atoms with van der Waals surface area (Å²) in [5.74, 6) is -0.448. The number of fused-ring (bicyclic) bond motifs is 5. The van der Waals surface area contributed by atoms with Crippen molar-refractivity contribution in [2.24, 2.45) is 0 Å². The van der Waals surface area contributed by atoms with Crippen LogP contribution in [0.5, 0.6) is 0 Å². The van der Waals surface area contributed by atoms with E-state index in [4.69, 9.17) is 4.74 Å². The Morgan fingerprint density at radius 1 is 0.533 bits per heavy atom. The first-order valence-electron chi connectivity index (χ1n) is 10.4. The van der Waals surface area contributed by atoms with Gasteiger partial charge in [-0.05, 0) is 27.8 Å². The summed E-state index contributed by atoms with van der Waals surface area (Å²) in [7, 11) is 0. The van der Waals surface area contributed by atoms with Gasteiger partial charge in [0.2, 0.25) is 0 Å². The molecule has 0 N–H and O–H groups in total. The molecule has 2 heterocycles. The second-order valence-electron chi connectivity index (χ2n) is 8.14. The Hall–Kier alpha value is -3.23. The molecule has 0 aromatic heterocycles. The van der Waals surface area contributed by atoms with Gasteiger partial charge < -0.3 is 4.74 Å². The van der Waals surface area contributed by atoms with Crippen LogP contribution in [0.25, 0.3) is 0 Å². The molecule has 4 atom stereocenters. The smallest absolute Gasteiger partial charge is 0.152 e. The number of alkyl halides is 1. The minimum Gasteiger partial charge on any atom is -0.346 e. The summed E-state index contributed by atoms with van der Waals surface area (Å²) in [5.41, 5.74) is 2.79. The summed E-state index contributed by atoms with van der Waals surface area (Å²) in [4.78, 5) is 0. The average molecular weight is 392 g/mol. The van der Waals surface area contributed by atoms with Crippen molar-refractivity contribution in [3.8, 4) is 0 Å². The number of hydrogen-bond donors (Lipinski definition) is 0. The fourth-order valence-corrected chi connectivity index (χ4v) is 5.57. The van der Waals surface area contributed by atoms with Crippen molar-refractivity contribution in [3.05, 3.63) is 143 Å². The lowest BCUT2D eigenvalue weighted by Gasteiger charge is -2.37. The predicted molar refractivity (Wildman–Crippen MR) is 116 cm³/mol. The van der Waals surface area contributed by atoms with Gasteiger partial charge in [0, 0.05) is 0 Å². The molecular formula is C28H21FO. The molecule has 2 aliphatic rings. The molecule has 2 heteroatoms. The van der Waals surface area contributed by atoms with Crippen LogP contribution >= 0.6 is 0 Å². The molecule has 2 aliphatic heterocycles. The van der Waals surface area contributed by atoms with Crippen molar-refractivity contribution in [2.75, 3.05) is 0 Å². The molecule has 4 aromatic rings. The van der Waals surface area contributed by atoms with Crippen LogP contribution in [-0.4, -0.2) is 6.17 Å². The van der Waals surface area contributed by atoms with Crippen molar-refractivity contribution in [3.63, 3.8) is 0 Å². The molecule has 0 saturated carbocycles. The van der Waals surface area contributed by atoms with Crippen LogP contribution in [0.4, 0.5) is 4.39 Å². The van der Waals surface area contributed by atoms with E-state index in [-0.39, 0.29) is 0 Å². The SMILES string of the molecule is F[C@@H]1[C@@H](c2ccccc2)[C@]2(c3ccccc3)O[C@@]1(c1ccccc1)c1ccccc12. The van der Waals surface area contributed by atoms with E-state index in [2.05, 4.69) is 18.2 Å². The Bertz CT molecular complexity index is 1190. The molecule has 0 amide bonds. The predicted octanol–water partition coefficient (Wildman–Crippen LogP) is 6.34. The molecule has 1 nitrogen and oxygen atoms in total. The first kappa shape index (κ1) is 17.6. The van der Waals surface area contributed by atoms with Crippen LogP contribution in [0.15, 0.2) is 115 Å². The lowest BCUT2D eigenvalue weighted by Crippen LogP contribution is -2.40. The maximum atomic E-state index is 16.8. The third-order valence-corrected chi connectivity index (χ3v) is 6.73. The summed E-state index contributed by atoms with van der Waals surface area (Å²) in [6, 6.07) is 38.1. The quantitative estimate of drug-likeness (QED) is 0.395. The standard InChI is InChI=1S/C28H21FO/c29-26-25(20-12-4-1-5-13-20)27(21-14-6-2-7-15-21)23-18-10-11-19-24(23)28(26,30-27)22-16-8-3-9-17-22/h1-19,25-26H/t25-,26-,27-,28+/m1/s1. The van der Waals surface area contributed by atoms with Crippen LogP contribution in [0.1, 0.15) is 33.7 Å². The third-order valence-electron chi connectivity index (χ3n) is 6.73. The number of benzene rings is 4. The molecule has 0 aliphatic carbocycles. The van der Waals surface area contributed by atoms with Gasteiger partial charge in [-0.15, -0.1) is 0 Å². The van der Waals surface area contributed by atoms with E-state index in [1.165, 1.54) is 0 Å². The van der Waals surface area contributed by atoms with Crippen molar-refractivity contribution >= 4 is 0 Å². The molecule has 0 spiro atoms. The first-order chi connectivity index (χ1) is 14.8. The Kier molecular flexibility index (Phi) is 3.75. The highest BCUT2D eigenvalue weighted by atomic mass is 19.1. The number of halogens is 1. The fraction of sp³-hybridized carbons (Fsp3) is 0.143. The molecule has 6 rings (SSSR count). The zero-order chi connectivity index (χ0) is 20.2. The van der Waals surface area contributed by atoms with E-state index < -0.39 is 23.3 Å². The van der Waals surface area contributed by atoms with Crippen LogP contribution in [0, 0.1) is 0 Å². The average Bonchev–Trinajstić information content (AvgIpc) is 3.29. The highest BCUT2D eigenvalue weighted by Gasteiger charge is 2.72. The van der Waals surface area contributed by atoms with Crippen LogP contribution in [-0.2, 0) is 15.9 Å². The maximum absolute atomic E-state index is 16.8. The molecule has 1 saturated heterocycles. The topological polar surface area (TPSA) is 9.23 Å². The molecule has 0 unspecified atom stereocenters. The first-order valence-corrected chi connectivity index (χ1v) is 10.4. The minimum absolute atomic E-state index is 0.448. The highest BCUT2D eigenvalue weighted by Crippen LogP contribution is 2.69. The molecule has 4 aromatic carbocycles. The van der Waals surface area contributed by atoms with E-state index in [9.17, 15) is 0 Å². The highest BCUT2D eigenvalue weighted by molar-refractivity contribution is 5.60. The third kappa shape index (κ3) is 2.09. The number of rotatable bonds is 3. The second kappa shape index (κ2) is 6.38. The van der Waals surface area contributed by atoms with Crippen molar-refractivity contribution in [1.29, 1.82) is 0 Å². The van der Waals surface area contributed by atoms with Gasteiger partial charge in [0.05, 0.1) is 5.92 Å². The summed E-state index contributed by atoms with van der Waals surface area (Å²) in [5, 5.41) is 0. The summed E-state index contributed by atoms with van der Waals surface area (Å²) >= 11 is 0. The van der Waals surface area contributed by atoms with E-state index in [1.54, 1.807) is 0 Å². The van der Waals surface area contributed by atoms with E-state index in [0.29, 0.717) is 0 Å². The Morgan fingerprint density at radius 2 is 0.967 bits per heavy atom. The summed E-state index contributed by atoms with van der Waals surface area (Å²) in [6.07, 6.45) is -1.22. The van der Waals surface area contributed by atoms with Gasteiger partial charge >= 0.3 is 0 Å². The number of hydrogen-bond acceptors (Lipinski definition) is 1. The van der Waals surface area contributed by atoms with Gasteiger partial charge in [-0.25, -0.2) is 4.39 Å². The zero-order valence-corrected chi connectivity index (χ0v) is 16.4. The lowest BCUT2D eigenvalue weighted by atomic mass is 9.63. The fourth-order valence-electron chi connectivity index (χ4n) is 5.57. The molecule has 0 radical (unpaired) electrons. The van der Waals surface area contributed by atoms with Gasteiger partial charge in [-0.1, -0.05) is 115 Å². The Labute approximate surface area is 175 Å². The van der Waals surface area contributed by atoms with Gasteiger partial charge in [0.25, 0.3) is 0 Å². The maximum Gasteiger partial charge on any atom is 0.152 e. The Balaban J connectivity index is 1.72. The minimum atomic E-state index is -1.22. The largest absolute Gasteiger partial charge is 0.346 e. The van der Waals surface area contributed by atoms with E-state index in [0.717, 1.165) is 27.8 Å². The van der Waals surface area contributed by atoms with Crippen molar-refractivity contribution < 1.29 is 9.13 Å². The lowest BCUT2D eigenvalue weighted by molar-refractivity contribution is -0.0567. The van der Waals surface area contributed by atoms with E-state index in [1.807, 2.05) is 97.1 Å². The van der Waals surface area contributed by atoms with E-state index >= 15 is 4.39 Å². The van der Waals surface area contributed by atoms with Crippen molar-refractivity contribution in [1.82, 2.24) is 0 Å². The normalized spacial score (nSPS) is 29.0. The Morgan fingerprint density at radius 3 is 1.53 bits per heavy atom.